The quantitative estimate of drug-likeness (QED) is 0.109. The highest BCUT2D eigenvalue weighted by atomic mass is 32.2. The second-order valence-electron chi connectivity index (χ2n) is 19.1. The summed E-state index contributed by atoms with van der Waals surface area (Å²) in [5.41, 5.74) is 20.9. The third kappa shape index (κ3) is 8.72. The van der Waals surface area contributed by atoms with Crippen molar-refractivity contribution in [3.05, 3.63) is 83.7 Å². The normalized spacial score (nSPS) is 24.5. The SMILES string of the molecule is Cc1ccc(S(=O)(=O)NC2CC3(CC(O)C3)C2)cc1-c1cnc(N)c(-c2cn(C)nc2C)n1.Cc1ccc(S(=O)(=O)NC2CC3(CC(O)C3)C2)cc1-c1cnc(N)c(-c2cn(C)nc2C)n1. The molecule has 0 amide bonds. The van der Waals surface area contributed by atoms with Crippen molar-refractivity contribution in [3.8, 4) is 45.0 Å². The zero-order chi connectivity index (χ0) is 47.1. The van der Waals surface area contributed by atoms with Gasteiger partial charge in [0.25, 0.3) is 0 Å². The number of benzene rings is 2. The average molecular weight is 937 g/mol. The number of hydrogen-bond donors (Lipinski definition) is 6. The summed E-state index contributed by atoms with van der Waals surface area (Å²) >= 11 is 0. The molecule has 4 heterocycles. The molecular formula is C46H56N12O6S2. The van der Waals surface area contributed by atoms with Gasteiger partial charge in [-0.15, -0.1) is 0 Å². The van der Waals surface area contributed by atoms with Crippen molar-refractivity contribution >= 4 is 31.7 Å². The number of aryl methyl sites for hydroxylation is 6. The Morgan fingerprint density at radius 3 is 1.27 bits per heavy atom. The van der Waals surface area contributed by atoms with Gasteiger partial charge in [0.2, 0.25) is 20.0 Å². The average Bonchev–Trinajstić information content (AvgIpc) is 3.73. The molecule has 4 fully saturated rings. The van der Waals surface area contributed by atoms with Crippen LogP contribution in [0.15, 0.2) is 71.0 Å². The van der Waals surface area contributed by atoms with E-state index in [1.807, 2.05) is 54.2 Å². The number of rotatable bonds is 10. The highest BCUT2D eigenvalue weighted by molar-refractivity contribution is 7.89. The van der Waals surface area contributed by atoms with E-state index in [-0.39, 0.29) is 56.5 Å². The molecule has 18 nitrogen and oxygen atoms in total. The first-order chi connectivity index (χ1) is 31.1. The van der Waals surface area contributed by atoms with Gasteiger partial charge >= 0.3 is 0 Å². The van der Waals surface area contributed by atoms with E-state index in [2.05, 4.69) is 29.6 Å². The van der Waals surface area contributed by atoms with Crippen molar-refractivity contribution in [2.45, 2.75) is 113 Å². The van der Waals surface area contributed by atoms with E-state index in [0.29, 0.717) is 33.9 Å². The molecule has 0 aliphatic heterocycles. The minimum Gasteiger partial charge on any atom is -0.393 e. The highest BCUT2D eigenvalue weighted by Crippen LogP contribution is 2.57. The number of nitrogens with zero attached hydrogens (tertiary/aromatic N) is 8. The minimum absolute atomic E-state index is 0.0938. The van der Waals surface area contributed by atoms with Crippen LogP contribution in [0.4, 0.5) is 11.6 Å². The van der Waals surface area contributed by atoms with E-state index >= 15 is 0 Å². The number of nitrogens with one attached hydrogen (secondary N) is 2. The summed E-state index contributed by atoms with van der Waals surface area (Å²) in [5, 5.41) is 27.9. The Morgan fingerprint density at radius 2 is 0.955 bits per heavy atom. The molecule has 0 radical (unpaired) electrons. The molecular weight excluding hydrogens is 881 g/mol. The molecule has 348 valence electrons. The maximum Gasteiger partial charge on any atom is 0.240 e. The van der Waals surface area contributed by atoms with Crippen LogP contribution in [0.5, 0.6) is 0 Å². The van der Waals surface area contributed by atoms with Crippen molar-refractivity contribution < 1.29 is 27.0 Å². The van der Waals surface area contributed by atoms with Gasteiger partial charge in [-0.3, -0.25) is 9.36 Å². The molecule has 4 aliphatic rings. The predicted octanol–water partition coefficient (Wildman–Crippen LogP) is 4.65. The van der Waals surface area contributed by atoms with Gasteiger partial charge in [-0.1, -0.05) is 12.1 Å². The summed E-state index contributed by atoms with van der Waals surface area (Å²) < 4.78 is 61.3. The van der Waals surface area contributed by atoms with Crippen LogP contribution >= 0.6 is 0 Å². The summed E-state index contributed by atoms with van der Waals surface area (Å²) in [6, 6.07) is 9.87. The van der Waals surface area contributed by atoms with E-state index in [0.717, 1.165) is 85.0 Å². The monoisotopic (exact) mass is 936 g/mol. The van der Waals surface area contributed by atoms with Crippen LogP contribution in [0, 0.1) is 38.5 Å². The van der Waals surface area contributed by atoms with Gasteiger partial charge in [-0.05, 0) is 125 Å². The number of anilines is 2. The first-order valence-electron chi connectivity index (χ1n) is 22.0. The lowest BCUT2D eigenvalue weighted by Crippen LogP contribution is -2.57. The molecule has 0 bridgehead atoms. The van der Waals surface area contributed by atoms with Crippen molar-refractivity contribution in [1.29, 1.82) is 0 Å². The molecule has 4 aromatic heterocycles. The van der Waals surface area contributed by atoms with Gasteiger partial charge in [0, 0.05) is 60.8 Å². The number of aromatic nitrogens is 8. The van der Waals surface area contributed by atoms with Gasteiger partial charge in [0.15, 0.2) is 0 Å². The lowest BCUT2D eigenvalue weighted by atomic mass is 9.53. The van der Waals surface area contributed by atoms with E-state index in [1.54, 1.807) is 58.2 Å². The topological polar surface area (TPSA) is 272 Å². The van der Waals surface area contributed by atoms with Gasteiger partial charge in [-0.2, -0.15) is 10.2 Å². The maximum absolute atomic E-state index is 13.1. The Morgan fingerprint density at radius 1 is 0.591 bits per heavy atom. The summed E-state index contributed by atoms with van der Waals surface area (Å²) in [7, 11) is -3.72. The minimum atomic E-state index is -3.69. The van der Waals surface area contributed by atoms with Crippen molar-refractivity contribution in [1.82, 2.24) is 48.9 Å². The highest BCUT2D eigenvalue weighted by Gasteiger charge is 2.54. The first-order valence-corrected chi connectivity index (χ1v) is 25.0. The van der Waals surface area contributed by atoms with Crippen molar-refractivity contribution in [3.63, 3.8) is 0 Å². The zero-order valence-electron chi connectivity index (χ0n) is 37.8. The Kier molecular flexibility index (Phi) is 11.4. The van der Waals surface area contributed by atoms with Crippen molar-refractivity contribution in [2.75, 3.05) is 11.5 Å². The molecule has 0 saturated heterocycles. The Balaban J connectivity index is 0.000000166. The Labute approximate surface area is 384 Å². The molecule has 8 N–H and O–H groups in total. The lowest BCUT2D eigenvalue weighted by Gasteiger charge is -2.56. The smallest absolute Gasteiger partial charge is 0.240 e. The van der Waals surface area contributed by atoms with Crippen LogP contribution in [-0.4, -0.2) is 90.8 Å². The number of nitrogen functional groups attached to an aromatic ring is 2. The predicted molar refractivity (Wildman–Crippen MR) is 249 cm³/mol. The third-order valence-electron chi connectivity index (χ3n) is 13.8. The van der Waals surface area contributed by atoms with E-state index in [9.17, 15) is 27.0 Å². The molecule has 10 rings (SSSR count). The third-order valence-corrected chi connectivity index (χ3v) is 16.8. The fraction of sp³-hybridized carbons (Fsp3) is 0.435. The van der Waals surface area contributed by atoms with Crippen molar-refractivity contribution in [2.24, 2.45) is 24.9 Å². The van der Waals surface area contributed by atoms with E-state index in [4.69, 9.17) is 21.4 Å². The first kappa shape index (κ1) is 45.5. The summed E-state index contributed by atoms with van der Waals surface area (Å²) in [5.74, 6) is 0.580. The van der Waals surface area contributed by atoms with Gasteiger partial charge in [-0.25, -0.2) is 46.2 Å². The molecule has 6 aromatic rings. The van der Waals surface area contributed by atoms with Gasteiger partial charge in [0.1, 0.15) is 23.0 Å². The van der Waals surface area contributed by atoms with Gasteiger partial charge < -0.3 is 21.7 Å². The number of aliphatic hydroxyl groups is 2. The Hall–Kier alpha value is -5.64. The second-order valence-corrected chi connectivity index (χ2v) is 22.5. The van der Waals surface area contributed by atoms with Crippen LogP contribution in [-0.2, 0) is 34.1 Å². The van der Waals surface area contributed by atoms with E-state index in [1.165, 1.54) is 0 Å². The van der Waals surface area contributed by atoms with Crippen LogP contribution in [0.1, 0.15) is 73.9 Å². The van der Waals surface area contributed by atoms with Gasteiger partial charge in [0.05, 0.1) is 57.2 Å². The van der Waals surface area contributed by atoms with Crippen LogP contribution < -0.4 is 20.9 Å². The molecule has 0 unspecified atom stereocenters. The molecule has 66 heavy (non-hydrogen) atoms. The van der Waals surface area contributed by atoms with E-state index < -0.39 is 20.0 Å². The standard InChI is InChI=1S/2C23H28N6O3S/c2*1-13-4-5-17(33(31,32)28-15-7-23(8-15)9-16(30)10-23)6-18(13)20-11-25-22(24)21(26-20)19-12-29(3)27-14(19)2/h2*4-6,11-12,15-16,28,30H,7-10H2,1-3H3,(H2,24,25). The van der Waals surface area contributed by atoms with Crippen LogP contribution in [0.25, 0.3) is 45.0 Å². The lowest BCUT2D eigenvalue weighted by molar-refractivity contribution is -0.0935. The number of aliphatic hydroxyl groups excluding tert-OH is 2. The molecule has 2 spiro atoms. The molecule has 4 saturated carbocycles. The largest absolute Gasteiger partial charge is 0.393 e. The van der Waals surface area contributed by atoms with Crippen LogP contribution in [0.2, 0.25) is 0 Å². The zero-order valence-corrected chi connectivity index (χ0v) is 39.4. The second kappa shape index (κ2) is 16.6. The summed E-state index contributed by atoms with van der Waals surface area (Å²) in [4.78, 5) is 18.5. The maximum atomic E-state index is 13.1. The number of hydrogen-bond acceptors (Lipinski definition) is 14. The number of nitrogens with two attached hydrogens (primary N) is 2. The number of sulfonamides is 2. The molecule has 4 aliphatic carbocycles. The Bertz CT molecular complexity index is 2880. The molecule has 0 atom stereocenters. The summed E-state index contributed by atoms with van der Waals surface area (Å²) in [6.07, 6.45) is 12.5. The molecule has 20 heteroatoms. The fourth-order valence-corrected chi connectivity index (χ4v) is 13.0. The summed E-state index contributed by atoms with van der Waals surface area (Å²) in [6.45, 7) is 7.57. The fourth-order valence-electron chi connectivity index (χ4n) is 10.5. The van der Waals surface area contributed by atoms with Crippen LogP contribution in [0.3, 0.4) is 0 Å². The molecule has 2 aromatic carbocycles.